The van der Waals surface area contributed by atoms with E-state index in [1.54, 1.807) is 18.2 Å². The highest BCUT2D eigenvalue weighted by molar-refractivity contribution is 6.30. The molecule has 0 aliphatic rings. The summed E-state index contributed by atoms with van der Waals surface area (Å²) in [6.45, 7) is 1.97. The molecule has 0 fully saturated rings. The number of rotatable bonds is 2. The van der Waals surface area contributed by atoms with E-state index in [0.29, 0.717) is 12.0 Å². The van der Waals surface area contributed by atoms with Crippen molar-refractivity contribution >= 4 is 11.6 Å². The van der Waals surface area contributed by atoms with Crippen LogP contribution >= 0.6 is 11.6 Å². The standard InChI is InChI=1S/C12H11ClFN/c1-8-5-6-10(15-8)7-9-3-2-4-11(13)12(9)14/h2-6,15H,7H2,1H3. The van der Waals surface area contributed by atoms with Crippen LogP contribution in [0.3, 0.4) is 0 Å². The van der Waals surface area contributed by atoms with E-state index in [1.165, 1.54) is 0 Å². The summed E-state index contributed by atoms with van der Waals surface area (Å²) < 4.78 is 13.5. The van der Waals surface area contributed by atoms with E-state index < -0.39 is 0 Å². The number of H-pyrrole nitrogens is 1. The van der Waals surface area contributed by atoms with Crippen molar-refractivity contribution in [1.29, 1.82) is 0 Å². The molecule has 1 heterocycles. The summed E-state index contributed by atoms with van der Waals surface area (Å²) in [5.41, 5.74) is 2.69. The Bertz CT molecular complexity index is 476. The molecule has 1 aromatic carbocycles. The van der Waals surface area contributed by atoms with Gasteiger partial charge in [-0.1, -0.05) is 23.7 Å². The van der Waals surface area contributed by atoms with Gasteiger partial charge in [0.15, 0.2) is 0 Å². The number of halogens is 2. The molecule has 1 nitrogen and oxygen atoms in total. The minimum absolute atomic E-state index is 0.177. The summed E-state index contributed by atoms with van der Waals surface area (Å²) in [6, 6.07) is 8.99. The van der Waals surface area contributed by atoms with Crippen molar-refractivity contribution in [3.8, 4) is 0 Å². The summed E-state index contributed by atoms with van der Waals surface area (Å²) in [5, 5.41) is 0.177. The summed E-state index contributed by atoms with van der Waals surface area (Å²) >= 11 is 5.70. The molecule has 15 heavy (non-hydrogen) atoms. The molecule has 0 saturated carbocycles. The number of aromatic nitrogens is 1. The molecular formula is C12H11ClFN. The number of aromatic amines is 1. The Labute approximate surface area is 92.9 Å². The second-order valence-electron chi connectivity index (χ2n) is 3.56. The van der Waals surface area contributed by atoms with Crippen molar-refractivity contribution in [1.82, 2.24) is 4.98 Å². The first-order valence-corrected chi connectivity index (χ1v) is 5.12. The van der Waals surface area contributed by atoms with Gasteiger partial charge in [-0.2, -0.15) is 0 Å². The second-order valence-corrected chi connectivity index (χ2v) is 3.96. The highest BCUT2D eigenvalue weighted by Crippen LogP contribution is 2.20. The van der Waals surface area contributed by atoms with Gasteiger partial charge >= 0.3 is 0 Å². The third kappa shape index (κ3) is 2.21. The van der Waals surface area contributed by atoms with Crippen LogP contribution < -0.4 is 0 Å². The zero-order valence-corrected chi connectivity index (χ0v) is 9.11. The Morgan fingerprint density at radius 3 is 2.73 bits per heavy atom. The summed E-state index contributed by atoms with van der Waals surface area (Å²) in [4.78, 5) is 3.16. The van der Waals surface area contributed by atoms with E-state index in [-0.39, 0.29) is 10.8 Å². The molecule has 2 rings (SSSR count). The minimum Gasteiger partial charge on any atom is -0.362 e. The predicted molar refractivity (Wildman–Crippen MR) is 59.7 cm³/mol. The molecule has 78 valence electrons. The zero-order valence-electron chi connectivity index (χ0n) is 8.35. The first-order chi connectivity index (χ1) is 7.16. The number of aryl methyl sites for hydroxylation is 1. The summed E-state index contributed by atoms with van der Waals surface area (Å²) in [7, 11) is 0. The average molecular weight is 224 g/mol. The number of hydrogen-bond donors (Lipinski definition) is 1. The van der Waals surface area contributed by atoms with Gasteiger partial charge in [-0.05, 0) is 30.7 Å². The first kappa shape index (κ1) is 10.2. The van der Waals surface area contributed by atoms with Gasteiger partial charge in [-0.3, -0.25) is 0 Å². The Morgan fingerprint density at radius 2 is 2.07 bits per heavy atom. The van der Waals surface area contributed by atoms with Crippen molar-refractivity contribution < 1.29 is 4.39 Å². The van der Waals surface area contributed by atoms with Crippen LogP contribution in [0.4, 0.5) is 4.39 Å². The van der Waals surface area contributed by atoms with E-state index in [1.807, 2.05) is 19.1 Å². The molecule has 0 unspecified atom stereocenters. The first-order valence-electron chi connectivity index (χ1n) is 4.74. The van der Waals surface area contributed by atoms with E-state index >= 15 is 0 Å². The normalized spacial score (nSPS) is 10.6. The quantitative estimate of drug-likeness (QED) is 0.799. The maximum atomic E-state index is 13.5. The fourth-order valence-electron chi connectivity index (χ4n) is 1.56. The van der Waals surface area contributed by atoms with Gasteiger partial charge in [0.05, 0.1) is 5.02 Å². The van der Waals surface area contributed by atoms with Gasteiger partial charge in [0, 0.05) is 17.8 Å². The molecule has 2 aromatic rings. The van der Waals surface area contributed by atoms with Crippen molar-refractivity contribution in [3.05, 3.63) is 58.1 Å². The van der Waals surface area contributed by atoms with Crippen molar-refractivity contribution in [2.75, 3.05) is 0 Å². The Balaban J connectivity index is 2.28. The molecule has 0 spiro atoms. The van der Waals surface area contributed by atoms with Gasteiger partial charge in [0.1, 0.15) is 5.82 Å². The van der Waals surface area contributed by atoms with Crippen LogP contribution in [0, 0.1) is 12.7 Å². The van der Waals surface area contributed by atoms with Gasteiger partial charge in [0.2, 0.25) is 0 Å². The van der Waals surface area contributed by atoms with Gasteiger partial charge in [-0.25, -0.2) is 4.39 Å². The van der Waals surface area contributed by atoms with Crippen molar-refractivity contribution in [2.24, 2.45) is 0 Å². The maximum Gasteiger partial charge on any atom is 0.145 e. The van der Waals surface area contributed by atoms with E-state index in [4.69, 9.17) is 11.6 Å². The van der Waals surface area contributed by atoms with Gasteiger partial charge in [0.25, 0.3) is 0 Å². The van der Waals surface area contributed by atoms with E-state index in [0.717, 1.165) is 11.4 Å². The fourth-order valence-corrected chi connectivity index (χ4v) is 1.75. The molecule has 1 N–H and O–H groups in total. The smallest absolute Gasteiger partial charge is 0.145 e. The van der Waals surface area contributed by atoms with E-state index in [9.17, 15) is 4.39 Å². The topological polar surface area (TPSA) is 15.8 Å². The number of nitrogens with one attached hydrogen (secondary N) is 1. The number of benzene rings is 1. The monoisotopic (exact) mass is 223 g/mol. The Morgan fingerprint density at radius 1 is 1.27 bits per heavy atom. The Kier molecular flexibility index (Phi) is 2.78. The molecular weight excluding hydrogens is 213 g/mol. The van der Waals surface area contributed by atoms with Crippen molar-refractivity contribution in [3.63, 3.8) is 0 Å². The summed E-state index contributed by atoms with van der Waals surface area (Å²) in [6.07, 6.45) is 0.542. The van der Waals surface area contributed by atoms with Crippen LogP contribution in [0.15, 0.2) is 30.3 Å². The summed E-state index contributed by atoms with van der Waals surface area (Å²) in [5.74, 6) is -0.327. The zero-order chi connectivity index (χ0) is 10.8. The largest absolute Gasteiger partial charge is 0.362 e. The molecule has 0 atom stereocenters. The van der Waals surface area contributed by atoms with Crippen LogP contribution in [0.5, 0.6) is 0 Å². The molecule has 0 bridgehead atoms. The van der Waals surface area contributed by atoms with E-state index in [2.05, 4.69) is 4.98 Å². The minimum atomic E-state index is -0.327. The molecule has 0 aliphatic heterocycles. The maximum absolute atomic E-state index is 13.5. The molecule has 1 aromatic heterocycles. The average Bonchev–Trinajstić information content (AvgIpc) is 2.59. The van der Waals surface area contributed by atoms with Crippen LogP contribution in [0.25, 0.3) is 0 Å². The SMILES string of the molecule is Cc1ccc(Cc2cccc(Cl)c2F)[nH]1. The van der Waals surface area contributed by atoms with Crippen LogP contribution in [-0.4, -0.2) is 4.98 Å². The lowest BCUT2D eigenvalue weighted by Gasteiger charge is -2.02. The Hall–Kier alpha value is -1.28. The molecule has 0 saturated heterocycles. The fraction of sp³-hybridized carbons (Fsp3) is 0.167. The number of hydrogen-bond acceptors (Lipinski definition) is 0. The second kappa shape index (κ2) is 4.07. The third-order valence-electron chi connectivity index (χ3n) is 2.30. The molecule has 0 radical (unpaired) electrons. The van der Waals surface area contributed by atoms with Crippen LogP contribution in [0.2, 0.25) is 5.02 Å². The molecule has 0 amide bonds. The lowest BCUT2D eigenvalue weighted by Crippen LogP contribution is -1.93. The van der Waals surface area contributed by atoms with Gasteiger partial charge in [-0.15, -0.1) is 0 Å². The lowest BCUT2D eigenvalue weighted by molar-refractivity contribution is 0.614. The molecule has 3 heteroatoms. The van der Waals surface area contributed by atoms with Crippen molar-refractivity contribution in [2.45, 2.75) is 13.3 Å². The van der Waals surface area contributed by atoms with Gasteiger partial charge < -0.3 is 4.98 Å². The highest BCUT2D eigenvalue weighted by atomic mass is 35.5. The van der Waals surface area contributed by atoms with Crippen LogP contribution in [-0.2, 0) is 6.42 Å². The van der Waals surface area contributed by atoms with Crippen LogP contribution in [0.1, 0.15) is 17.0 Å². The molecule has 0 aliphatic carbocycles. The lowest BCUT2D eigenvalue weighted by atomic mass is 10.1. The predicted octanol–water partition coefficient (Wildman–Crippen LogP) is 3.71. The highest BCUT2D eigenvalue weighted by Gasteiger charge is 2.07. The third-order valence-corrected chi connectivity index (χ3v) is 2.60.